The van der Waals surface area contributed by atoms with Gasteiger partial charge in [0.25, 0.3) is 5.91 Å². The lowest BCUT2D eigenvalue weighted by Gasteiger charge is -2.08. The first kappa shape index (κ1) is 18.0. The number of methoxy groups -OCH3 is 1. The number of rotatable bonds is 5. The number of carbonyl (C=O) groups is 1. The van der Waals surface area contributed by atoms with Crippen molar-refractivity contribution in [2.24, 2.45) is 0 Å². The van der Waals surface area contributed by atoms with E-state index in [-0.39, 0.29) is 5.91 Å². The summed E-state index contributed by atoms with van der Waals surface area (Å²) >= 11 is 6.19. The summed E-state index contributed by atoms with van der Waals surface area (Å²) in [6.45, 7) is 4.24. The van der Waals surface area contributed by atoms with Gasteiger partial charge in [-0.2, -0.15) is 5.10 Å². The Hall–Kier alpha value is -2.79. The van der Waals surface area contributed by atoms with E-state index >= 15 is 0 Å². The molecule has 1 N–H and O–H groups in total. The van der Waals surface area contributed by atoms with Crippen LogP contribution in [0.25, 0.3) is 5.69 Å². The molecule has 0 saturated carbocycles. The van der Waals surface area contributed by atoms with E-state index in [1.165, 1.54) is 0 Å². The van der Waals surface area contributed by atoms with Gasteiger partial charge in [0.2, 0.25) is 0 Å². The Morgan fingerprint density at radius 2 is 1.77 bits per heavy atom. The molecule has 0 saturated heterocycles. The third kappa shape index (κ3) is 3.73. The maximum absolute atomic E-state index is 12.3. The van der Waals surface area contributed by atoms with Crippen molar-refractivity contribution in [1.29, 1.82) is 0 Å². The average molecular weight is 370 g/mol. The molecule has 2 aromatic carbocycles. The van der Waals surface area contributed by atoms with E-state index in [0.717, 1.165) is 28.4 Å². The summed E-state index contributed by atoms with van der Waals surface area (Å²) in [5.41, 5.74) is 4.12. The molecule has 0 spiro atoms. The second-order valence-electron chi connectivity index (χ2n) is 5.97. The Morgan fingerprint density at radius 1 is 1.12 bits per heavy atom. The smallest absolute Gasteiger partial charge is 0.251 e. The summed E-state index contributed by atoms with van der Waals surface area (Å²) in [6.07, 6.45) is 0. The molecule has 0 aliphatic rings. The molecule has 26 heavy (non-hydrogen) atoms. The van der Waals surface area contributed by atoms with E-state index in [4.69, 9.17) is 16.3 Å². The van der Waals surface area contributed by atoms with Crippen molar-refractivity contribution < 1.29 is 9.53 Å². The minimum Gasteiger partial charge on any atom is -0.497 e. The number of hydrogen-bond donors (Lipinski definition) is 1. The number of benzene rings is 2. The van der Waals surface area contributed by atoms with E-state index in [0.29, 0.717) is 17.1 Å². The molecule has 0 aliphatic carbocycles. The number of halogens is 1. The molecule has 1 amide bonds. The lowest BCUT2D eigenvalue weighted by molar-refractivity contribution is 0.0951. The largest absolute Gasteiger partial charge is 0.497 e. The molecule has 5 nitrogen and oxygen atoms in total. The number of ether oxygens (including phenoxy) is 1. The molecule has 0 atom stereocenters. The molecule has 0 aliphatic heterocycles. The Morgan fingerprint density at radius 3 is 2.31 bits per heavy atom. The Labute approximate surface area is 157 Å². The summed E-state index contributed by atoms with van der Waals surface area (Å²) < 4.78 is 6.90. The van der Waals surface area contributed by atoms with Gasteiger partial charge in [-0.15, -0.1) is 0 Å². The van der Waals surface area contributed by atoms with Gasteiger partial charge in [-0.25, -0.2) is 4.68 Å². The lowest BCUT2D eigenvalue weighted by Crippen LogP contribution is -2.22. The predicted molar refractivity (Wildman–Crippen MR) is 102 cm³/mol. The monoisotopic (exact) mass is 369 g/mol. The SMILES string of the molecule is COc1ccc(CNC(=O)c2ccc(-n3nc(C)c(Cl)c3C)cc2)cc1. The summed E-state index contributed by atoms with van der Waals surface area (Å²) in [4.78, 5) is 12.3. The van der Waals surface area contributed by atoms with Crippen LogP contribution in [0.4, 0.5) is 0 Å². The molecule has 6 heteroatoms. The molecule has 0 radical (unpaired) electrons. The number of aryl methyl sites for hydroxylation is 1. The van der Waals surface area contributed by atoms with Crippen molar-refractivity contribution >= 4 is 17.5 Å². The number of carbonyl (C=O) groups excluding carboxylic acids is 1. The molecule has 3 aromatic rings. The highest BCUT2D eigenvalue weighted by Gasteiger charge is 2.11. The van der Waals surface area contributed by atoms with Crippen molar-refractivity contribution in [2.75, 3.05) is 7.11 Å². The fraction of sp³-hybridized carbons (Fsp3) is 0.200. The first-order valence-corrected chi connectivity index (χ1v) is 8.60. The van der Waals surface area contributed by atoms with Crippen LogP contribution in [0.1, 0.15) is 27.3 Å². The molecule has 0 unspecified atom stereocenters. The zero-order chi connectivity index (χ0) is 18.7. The van der Waals surface area contributed by atoms with Crippen molar-refractivity contribution in [2.45, 2.75) is 20.4 Å². The molecule has 134 valence electrons. The Kier molecular flexibility index (Phi) is 5.28. The average Bonchev–Trinajstić information content (AvgIpc) is 2.94. The fourth-order valence-electron chi connectivity index (χ4n) is 2.66. The number of nitrogens with one attached hydrogen (secondary N) is 1. The van der Waals surface area contributed by atoms with Gasteiger partial charge in [0.15, 0.2) is 0 Å². The second-order valence-corrected chi connectivity index (χ2v) is 6.35. The minimum atomic E-state index is -0.126. The second kappa shape index (κ2) is 7.62. The van der Waals surface area contributed by atoms with Crippen molar-refractivity contribution in [3.63, 3.8) is 0 Å². The topological polar surface area (TPSA) is 56.1 Å². The molecule has 1 heterocycles. The molecule has 0 bridgehead atoms. The fourth-order valence-corrected chi connectivity index (χ4v) is 2.77. The van der Waals surface area contributed by atoms with Crippen LogP contribution in [0, 0.1) is 13.8 Å². The van der Waals surface area contributed by atoms with Crippen LogP contribution in [0.2, 0.25) is 5.02 Å². The quantitative estimate of drug-likeness (QED) is 0.737. The van der Waals surface area contributed by atoms with Gasteiger partial charge in [-0.3, -0.25) is 4.79 Å². The summed E-state index contributed by atoms with van der Waals surface area (Å²) in [5.74, 6) is 0.665. The molecular formula is C20H20ClN3O2. The first-order valence-electron chi connectivity index (χ1n) is 8.23. The zero-order valence-electron chi connectivity index (χ0n) is 14.9. The standard InChI is InChI=1S/C20H20ClN3O2/c1-13-19(21)14(2)24(23-13)17-8-6-16(7-9-17)20(25)22-12-15-4-10-18(26-3)11-5-15/h4-11H,12H2,1-3H3,(H,22,25). The Bertz CT molecular complexity index is 915. The van der Waals surface area contributed by atoms with Crippen LogP contribution >= 0.6 is 11.6 Å². The van der Waals surface area contributed by atoms with Gasteiger partial charge >= 0.3 is 0 Å². The normalized spacial score (nSPS) is 10.6. The third-order valence-electron chi connectivity index (χ3n) is 4.19. The van der Waals surface area contributed by atoms with E-state index in [1.54, 1.807) is 23.9 Å². The highest BCUT2D eigenvalue weighted by molar-refractivity contribution is 6.31. The van der Waals surface area contributed by atoms with Gasteiger partial charge in [0.1, 0.15) is 5.75 Å². The van der Waals surface area contributed by atoms with E-state index < -0.39 is 0 Å². The molecule has 3 rings (SSSR count). The lowest BCUT2D eigenvalue weighted by atomic mass is 10.1. The van der Waals surface area contributed by atoms with Crippen LogP contribution in [0.5, 0.6) is 5.75 Å². The van der Waals surface area contributed by atoms with E-state index in [2.05, 4.69) is 10.4 Å². The van der Waals surface area contributed by atoms with Crippen molar-refractivity contribution in [3.05, 3.63) is 76.1 Å². The van der Waals surface area contributed by atoms with Crippen molar-refractivity contribution in [1.82, 2.24) is 15.1 Å². The van der Waals surface area contributed by atoms with Crippen LogP contribution in [-0.2, 0) is 6.54 Å². The van der Waals surface area contributed by atoms with Gasteiger partial charge in [-0.1, -0.05) is 23.7 Å². The van der Waals surface area contributed by atoms with Gasteiger partial charge in [0, 0.05) is 12.1 Å². The third-order valence-corrected chi connectivity index (χ3v) is 4.74. The summed E-state index contributed by atoms with van der Waals surface area (Å²) in [5, 5.41) is 7.99. The number of aromatic nitrogens is 2. The maximum atomic E-state index is 12.3. The summed E-state index contributed by atoms with van der Waals surface area (Å²) in [7, 11) is 1.63. The number of hydrogen-bond acceptors (Lipinski definition) is 3. The first-order chi connectivity index (χ1) is 12.5. The summed E-state index contributed by atoms with van der Waals surface area (Å²) in [6, 6.07) is 14.9. The minimum absolute atomic E-state index is 0.126. The molecule has 1 aromatic heterocycles. The van der Waals surface area contributed by atoms with Gasteiger partial charge in [0.05, 0.1) is 29.2 Å². The number of nitrogens with zero attached hydrogens (tertiary/aromatic N) is 2. The highest BCUT2D eigenvalue weighted by Crippen LogP contribution is 2.22. The van der Waals surface area contributed by atoms with Gasteiger partial charge < -0.3 is 10.1 Å². The maximum Gasteiger partial charge on any atom is 0.251 e. The highest BCUT2D eigenvalue weighted by atomic mass is 35.5. The zero-order valence-corrected chi connectivity index (χ0v) is 15.7. The van der Waals surface area contributed by atoms with Crippen LogP contribution in [-0.4, -0.2) is 22.8 Å². The van der Waals surface area contributed by atoms with Crippen LogP contribution < -0.4 is 10.1 Å². The number of amides is 1. The predicted octanol–water partition coefficient (Wildman–Crippen LogP) is 4.08. The Balaban J connectivity index is 1.67. The molecule has 0 fully saturated rings. The van der Waals surface area contributed by atoms with E-state index in [9.17, 15) is 4.79 Å². The van der Waals surface area contributed by atoms with E-state index in [1.807, 2.05) is 50.2 Å². The molecular weight excluding hydrogens is 350 g/mol. The van der Waals surface area contributed by atoms with Crippen LogP contribution in [0.15, 0.2) is 48.5 Å². The van der Waals surface area contributed by atoms with Crippen LogP contribution in [0.3, 0.4) is 0 Å². The van der Waals surface area contributed by atoms with Gasteiger partial charge in [-0.05, 0) is 55.8 Å². The van der Waals surface area contributed by atoms with Crippen molar-refractivity contribution in [3.8, 4) is 11.4 Å².